The van der Waals surface area contributed by atoms with Crippen molar-refractivity contribution in [3.05, 3.63) is 78.5 Å². The molecule has 1 aromatic heterocycles. The second-order valence-corrected chi connectivity index (χ2v) is 9.74. The Kier molecular flexibility index (Phi) is 8.08. The van der Waals surface area contributed by atoms with Crippen LogP contribution in [-0.2, 0) is 14.4 Å². The van der Waals surface area contributed by atoms with E-state index in [1.165, 1.54) is 49.1 Å². The number of nitrogens with one attached hydrogen (secondary N) is 1. The van der Waals surface area contributed by atoms with E-state index >= 15 is 4.39 Å². The molecule has 1 aliphatic rings. The summed E-state index contributed by atoms with van der Waals surface area (Å²) in [5.74, 6) is -2.81. The van der Waals surface area contributed by atoms with E-state index in [9.17, 15) is 18.8 Å². The summed E-state index contributed by atoms with van der Waals surface area (Å²) in [7, 11) is 1.43. The van der Waals surface area contributed by atoms with Gasteiger partial charge in [0.1, 0.15) is 17.0 Å². The number of methoxy groups -OCH3 is 1. The number of carbonyl (C=O) groups is 3. The van der Waals surface area contributed by atoms with Gasteiger partial charge < -0.3 is 19.9 Å². The molecule has 0 spiro atoms. The number of nitrogens with two attached hydrogens (primary N) is 1. The van der Waals surface area contributed by atoms with Gasteiger partial charge in [-0.2, -0.15) is 0 Å². The standard InChI is InChI=1S/C30H26F2N4O7/c1-41-25-16-22-20(15-26(25)42-13-9-27(37)35-40)23(8-12-34-22)43-24-7-6-19(14-21(24)32)36(18-4-2-17(31)3-5-18)29(39)30(10-11-30)28(33)38/h2-8,12,14-16,40H,9-11,13H2,1H3,(H2,33,38)(H,35,37). The molecule has 0 atom stereocenters. The number of ether oxygens (including phenoxy) is 3. The quantitative estimate of drug-likeness (QED) is 0.131. The number of halogens is 2. The highest BCUT2D eigenvalue weighted by Crippen LogP contribution is 2.49. The van der Waals surface area contributed by atoms with Crippen LogP contribution in [0, 0.1) is 17.0 Å². The van der Waals surface area contributed by atoms with Crippen LogP contribution < -0.4 is 30.3 Å². The number of hydrogen-bond acceptors (Lipinski definition) is 8. The second-order valence-electron chi connectivity index (χ2n) is 9.74. The Balaban J connectivity index is 1.47. The average Bonchev–Trinajstić information content (AvgIpc) is 3.82. The van der Waals surface area contributed by atoms with Gasteiger partial charge >= 0.3 is 0 Å². The molecule has 0 aliphatic heterocycles. The Labute approximate surface area is 243 Å². The van der Waals surface area contributed by atoms with E-state index < -0.39 is 34.8 Å². The fraction of sp³-hybridized carbons (Fsp3) is 0.200. The van der Waals surface area contributed by atoms with E-state index in [2.05, 4.69) is 4.98 Å². The number of hydroxylamine groups is 1. The molecule has 222 valence electrons. The lowest BCUT2D eigenvalue weighted by atomic mass is 10.0. The zero-order valence-corrected chi connectivity index (χ0v) is 22.8. The minimum absolute atomic E-state index is 0.0683. The van der Waals surface area contributed by atoms with Crippen LogP contribution in [0.3, 0.4) is 0 Å². The van der Waals surface area contributed by atoms with Crippen molar-refractivity contribution in [2.24, 2.45) is 11.1 Å². The number of anilines is 2. The number of aromatic nitrogens is 1. The van der Waals surface area contributed by atoms with Crippen LogP contribution in [-0.4, -0.2) is 41.6 Å². The van der Waals surface area contributed by atoms with E-state index in [0.717, 1.165) is 23.1 Å². The zero-order chi connectivity index (χ0) is 30.7. The number of carbonyl (C=O) groups excluding carboxylic acids is 3. The third-order valence-corrected chi connectivity index (χ3v) is 7.01. The molecule has 4 N–H and O–H groups in total. The van der Waals surface area contributed by atoms with Crippen molar-refractivity contribution in [3.8, 4) is 23.0 Å². The van der Waals surface area contributed by atoms with Crippen molar-refractivity contribution in [1.82, 2.24) is 10.5 Å². The normalized spacial score (nSPS) is 13.2. The predicted octanol–water partition coefficient (Wildman–Crippen LogP) is 4.52. The summed E-state index contributed by atoms with van der Waals surface area (Å²) in [5, 5.41) is 9.13. The summed E-state index contributed by atoms with van der Waals surface area (Å²) in [6.07, 6.45) is 1.85. The molecule has 3 aromatic carbocycles. The Morgan fingerprint density at radius 3 is 2.33 bits per heavy atom. The van der Waals surface area contributed by atoms with Crippen molar-refractivity contribution in [2.45, 2.75) is 19.3 Å². The number of hydrogen-bond donors (Lipinski definition) is 3. The molecule has 4 aromatic rings. The van der Waals surface area contributed by atoms with Crippen LogP contribution in [0.5, 0.6) is 23.0 Å². The summed E-state index contributed by atoms with van der Waals surface area (Å²) < 4.78 is 46.1. The minimum atomic E-state index is -1.42. The first-order valence-electron chi connectivity index (χ1n) is 13.1. The SMILES string of the molecule is COc1cc2nccc(Oc3ccc(N(C(=O)C4(C(N)=O)CC4)c4ccc(F)cc4)cc3F)c2cc1OCCC(=O)NO. The number of nitrogens with zero attached hydrogens (tertiary/aromatic N) is 2. The fourth-order valence-corrected chi connectivity index (χ4v) is 4.51. The second kappa shape index (κ2) is 11.9. The first kappa shape index (κ1) is 29.2. The molecule has 1 fully saturated rings. The van der Waals surface area contributed by atoms with Crippen LogP contribution in [0.25, 0.3) is 10.9 Å². The highest BCUT2D eigenvalue weighted by molar-refractivity contribution is 6.16. The van der Waals surface area contributed by atoms with Crippen LogP contribution in [0.15, 0.2) is 66.9 Å². The molecule has 0 unspecified atom stereocenters. The number of amides is 3. The maximum atomic E-state index is 15.6. The molecular formula is C30H26F2N4O7. The molecule has 0 bridgehead atoms. The maximum Gasteiger partial charge on any atom is 0.247 e. The summed E-state index contributed by atoms with van der Waals surface area (Å²) >= 11 is 0. The molecule has 5 rings (SSSR count). The molecular weight excluding hydrogens is 566 g/mol. The lowest BCUT2D eigenvalue weighted by Gasteiger charge is -2.26. The number of benzene rings is 3. The number of rotatable bonds is 11. The lowest BCUT2D eigenvalue weighted by Crippen LogP contribution is -2.41. The maximum absolute atomic E-state index is 15.6. The van der Waals surface area contributed by atoms with Crippen molar-refractivity contribution in [1.29, 1.82) is 0 Å². The zero-order valence-electron chi connectivity index (χ0n) is 22.8. The van der Waals surface area contributed by atoms with Gasteiger partial charge in [-0.3, -0.25) is 29.5 Å². The minimum Gasteiger partial charge on any atom is -0.493 e. The van der Waals surface area contributed by atoms with Crippen LogP contribution >= 0.6 is 0 Å². The average molecular weight is 593 g/mol. The molecule has 3 amide bonds. The highest BCUT2D eigenvalue weighted by Gasteiger charge is 2.57. The smallest absolute Gasteiger partial charge is 0.247 e. The van der Waals surface area contributed by atoms with Crippen LogP contribution in [0.2, 0.25) is 0 Å². The van der Waals surface area contributed by atoms with Gasteiger partial charge in [0.15, 0.2) is 23.1 Å². The van der Waals surface area contributed by atoms with Gasteiger partial charge in [-0.25, -0.2) is 14.3 Å². The summed E-state index contributed by atoms with van der Waals surface area (Å²) in [5.41, 5.74) is 6.38. The van der Waals surface area contributed by atoms with Gasteiger partial charge in [0.25, 0.3) is 0 Å². The number of primary amides is 1. The summed E-state index contributed by atoms with van der Waals surface area (Å²) in [4.78, 5) is 42.4. The van der Waals surface area contributed by atoms with Gasteiger partial charge in [-0.1, -0.05) is 0 Å². The molecule has 13 heteroatoms. The highest BCUT2D eigenvalue weighted by atomic mass is 19.1. The molecule has 43 heavy (non-hydrogen) atoms. The Hall–Kier alpha value is -5.30. The van der Waals surface area contributed by atoms with E-state index in [1.54, 1.807) is 12.1 Å². The molecule has 0 radical (unpaired) electrons. The van der Waals surface area contributed by atoms with Crippen LogP contribution in [0.1, 0.15) is 19.3 Å². The molecule has 1 heterocycles. The molecule has 11 nitrogen and oxygen atoms in total. The van der Waals surface area contributed by atoms with E-state index in [4.69, 9.17) is 25.2 Å². The summed E-state index contributed by atoms with van der Waals surface area (Å²) in [6, 6.07) is 13.5. The van der Waals surface area contributed by atoms with Gasteiger partial charge in [0, 0.05) is 29.4 Å². The molecule has 1 saturated carbocycles. The largest absolute Gasteiger partial charge is 0.493 e. The first-order chi connectivity index (χ1) is 20.7. The summed E-state index contributed by atoms with van der Waals surface area (Å²) in [6.45, 7) is -0.0683. The van der Waals surface area contributed by atoms with Crippen molar-refractivity contribution >= 4 is 40.0 Å². The molecule has 0 saturated heterocycles. The Morgan fingerprint density at radius 1 is 0.977 bits per heavy atom. The Bertz CT molecular complexity index is 1710. The van der Waals surface area contributed by atoms with Crippen molar-refractivity contribution < 1.29 is 42.6 Å². The number of pyridine rings is 1. The monoisotopic (exact) mass is 592 g/mol. The predicted molar refractivity (Wildman–Crippen MR) is 149 cm³/mol. The van der Waals surface area contributed by atoms with Gasteiger partial charge in [-0.15, -0.1) is 0 Å². The van der Waals surface area contributed by atoms with E-state index in [0.29, 0.717) is 16.7 Å². The van der Waals surface area contributed by atoms with Gasteiger partial charge in [-0.05, 0) is 61.4 Å². The number of fused-ring (bicyclic) bond motifs is 1. The van der Waals surface area contributed by atoms with E-state index in [-0.39, 0.29) is 54.5 Å². The third-order valence-electron chi connectivity index (χ3n) is 7.01. The fourth-order valence-electron chi connectivity index (χ4n) is 4.51. The van der Waals surface area contributed by atoms with Crippen LogP contribution in [0.4, 0.5) is 20.2 Å². The van der Waals surface area contributed by atoms with Crippen molar-refractivity contribution in [3.63, 3.8) is 0 Å². The van der Waals surface area contributed by atoms with E-state index in [1.807, 2.05) is 0 Å². The lowest BCUT2D eigenvalue weighted by molar-refractivity contribution is -0.133. The van der Waals surface area contributed by atoms with Gasteiger partial charge in [0.2, 0.25) is 17.7 Å². The topological polar surface area (TPSA) is 153 Å². The Morgan fingerprint density at radius 2 is 1.70 bits per heavy atom. The molecule has 1 aliphatic carbocycles. The first-order valence-corrected chi connectivity index (χ1v) is 13.1. The van der Waals surface area contributed by atoms with Gasteiger partial charge in [0.05, 0.1) is 31.3 Å². The third kappa shape index (κ3) is 5.88. The van der Waals surface area contributed by atoms with Crippen molar-refractivity contribution in [2.75, 3.05) is 18.6 Å².